The summed E-state index contributed by atoms with van der Waals surface area (Å²) < 4.78 is 18.6. The highest BCUT2D eigenvalue weighted by Gasteiger charge is 2.15. The van der Waals surface area contributed by atoms with E-state index >= 15 is 0 Å². The van der Waals surface area contributed by atoms with Crippen LogP contribution in [-0.2, 0) is 0 Å². The lowest BCUT2D eigenvalue weighted by Crippen LogP contribution is -2.07. The first-order chi connectivity index (χ1) is 9.04. The van der Waals surface area contributed by atoms with E-state index in [0.29, 0.717) is 16.9 Å². The Morgan fingerprint density at radius 3 is 2.63 bits per heavy atom. The van der Waals surface area contributed by atoms with E-state index in [4.69, 9.17) is 10.5 Å². The molecule has 0 atom stereocenters. The first-order valence-electron chi connectivity index (χ1n) is 5.78. The van der Waals surface area contributed by atoms with Gasteiger partial charge in [0.15, 0.2) is 5.78 Å². The summed E-state index contributed by atoms with van der Waals surface area (Å²) in [5, 5.41) is 0. The van der Waals surface area contributed by atoms with E-state index in [-0.39, 0.29) is 17.0 Å². The number of carbonyl (C=O) groups is 1. The number of benzene rings is 2. The molecule has 0 fully saturated rings. The minimum atomic E-state index is -0.410. The minimum Gasteiger partial charge on any atom is -0.495 e. The van der Waals surface area contributed by atoms with Crippen molar-refractivity contribution in [1.82, 2.24) is 0 Å². The van der Waals surface area contributed by atoms with Gasteiger partial charge in [0, 0.05) is 11.1 Å². The highest BCUT2D eigenvalue weighted by molar-refractivity contribution is 6.12. The van der Waals surface area contributed by atoms with Gasteiger partial charge in [-0.1, -0.05) is 18.2 Å². The normalized spacial score (nSPS) is 10.3. The number of anilines is 1. The Balaban J connectivity index is 2.47. The zero-order valence-electron chi connectivity index (χ0n) is 10.7. The van der Waals surface area contributed by atoms with Crippen molar-refractivity contribution in [3.05, 3.63) is 58.9 Å². The Hall–Kier alpha value is -2.36. The van der Waals surface area contributed by atoms with Crippen LogP contribution in [0, 0.1) is 12.7 Å². The van der Waals surface area contributed by atoms with Crippen molar-refractivity contribution in [3.63, 3.8) is 0 Å². The molecule has 4 heteroatoms. The summed E-state index contributed by atoms with van der Waals surface area (Å²) in [5.41, 5.74) is 7.19. The summed E-state index contributed by atoms with van der Waals surface area (Å²) in [4.78, 5) is 12.3. The van der Waals surface area contributed by atoms with Crippen molar-refractivity contribution in [1.29, 1.82) is 0 Å². The fraction of sp³-hybridized carbons (Fsp3) is 0.133. The van der Waals surface area contributed by atoms with Gasteiger partial charge in [0.05, 0.1) is 12.8 Å². The largest absolute Gasteiger partial charge is 0.495 e. The average molecular weight is 259 g/mol. The molecule has 0 spiro atoms. The maximum atomic E-state index is 13.5. The quantitative estimate of drug-likeness (QED) is 0.681. The zero-order valence-corrected chi connectivity index (χ0v) is 10.7. The van der Waals surface area contributed by atoms with Gasteiger partial charge >= 0.3 is 0 Å². The van der Waals surface area contributed by atoms with Crippen molar-refractivity contribution < 1.29 is 13.9 Å². The molecule has 3 nitrogen and oxygen atoms in total. The van der Waals surface area contributed by atoms with E-state index in [1.807, 2.05) is 0 Å². The van der Waals surface area contributed by atoms with E-state index in [2.05, 4.69) is 0 Å². The fourth-order valence-corrected chi connectivity index (χ4v) is 1.81. The van der Waals surface area contributed by atoms with Crippen LogP contribution in [-0.4, -0.2) is 12.9 Å². The molecule has 0 bridgehead atoms. The predicted molar refractivity (Wildman–Crippen MR) is 72.0 cm³/mol. The number of aryl methyl sites for hydroxylation is 1. The summed E-state index contributed by atoms with van der Waals surface area (Å²) in [6, 6.07) is 9.31. The highest BCUT2D eigenvalue weighted by atomic mass is 19.1. The standard InChI is InChI=1S/C15H14FNO2/c1-9-6-7-10(8-12(9)16)15(18)11-4-3-5-13(19-2)14(11)17/h3-8H,17H2,1-2H3. The van der Waals surface area contributed by atoms with Crippen molar-refractivity contribution in [2.24, 2.45) is 0 Å². The third-order valence-electron chi connectivity index (χ3n) is 2.96. The molecule has 2 aromatic rings. The summed E-state index contributed by atoms with van der Waals surface area (Å²) in [7, 11) is 1.48. The predicted octanol–water partition coefficient (Wildman–Crippen LogP) is 2.96. The number of rotatable bonds is 3. The molecule has 0 aliphatic rings. The number of hydrogen-bond acceptors (Lipinski definition) is 3. The average Bonchev–Trinajstić information content (AvgIpc) is 2.41. The number of methoxy groups -OCH3 is 1. The zero-order chi connectivity index (χ0) is 14.0. The molecule has 0 aromatic heterocycles. The number of halogens is 1. The molecule has 0 saturated heterocycles. The summed E-state index contributed by atoms with van der Waals surface area (Å²) in [6.07, 6.45) is 0. The Morgan fingerprint density at radius 2 is 2.00 bits per heavy atom. The second-order valence-corrected chi connectivity index (χ2v) is 4.21. The Kier molecular flexibility index (Phi) is 3.51. The highest BCUT2D eigenvalue weighted by Crippen LogP contribution is 2.27. The van der Waals surface area contributed by atoms with Gasteiger partial charge in [-0.15, -0.1) is 0 Å². The Bertz CT molecular complexity index is 638. The van der Waals surface area contributed by atoms with E-state index < -0.39 is 5.82 Å². The number of nitrogens with two attached hydrogens (primary N) is 1. The molecule has 0 radical (unpaired) electrons. The first kappa shape index (κ1) is 13.1. The van der Waals surface area contributed by atoms with Crippen molar-refractivity contribution in [2.45, 2.75) is 6.92 Å². The third-order valence-corrected chi connectivity index (χ3v) is 2.96. The molecule has 0 aliphatic carbocycles. The van der Waals surface area contributed by atoms with Crippen LogP contribution in [0.4, 0.5) is 10.1 Å². The number of para-hydroxylation sites is 1. The maximum Gasteiger partial charge on any atom is 0.195 e. The SMILES string of the molecule is COc1cccc(C(=O)c2ccc(C)c(F)c2)c1N. The summed E-state index contributed by atoms with van der Waals surface area (Å²) in [6.45, 7) is 1.64. The van der Waals surface area contributed by atoms with Gasteiger partial charge in [0.25, 0.3) is 0 Å². The molecule has 0 unspecified atom stereocenters. The lowest BCUT2D eigenvalue weighted by molar-refractivity contribution is 0.103. The van der Waals surface area contributed by atoms with Crippen LogP contribution in [0.15, 0.2) is 36.4 Å². The molecule has 2 N–H and O–H groups in total. The van der Waals surface area contributed by atoms with Gasteiger partial charge in [0.2, 0.25) is 0 Å². The lowest BCUT2D eigenvalue weighted by atomic mass is 10.00. The van der Waals surface area contributed by atoms with Crippen LogP contribution < -0.4 is 10.5 Å². The van der Waals surface area contributed by atoms with Crippen LogP contribution in [0.2, 0.25) is 0 Å². The minimum absolute atomic E-state index is 0.260. The van der Waals surface area contributed by atoms with E-state index in [1.54, 1.807) is 37.3 Å². The van der Waals surface area contributed by atoms with Crippen molar-refractivity contribution in [3.8, 4) is 5.75 Å². The van der Waals surface area contributed by atoms with E-state index in [9.17, 15) is 9.18 Å². The van der Waals surface area contributed by atoms with Gasteiger partial charge in [-0.2, -0.15) is 0 Å². The van der Waals surface area contributed by atoms with Gasteiger partial charge in [0.1, 0.15) is 11.6 Å². The molecule has 19 heavy (non-hydrogen) atoms. The number of ether oxygens (including phenoxy) is 1. The van der Waals surface area contributed by atoms with Crippen LogP contribution in [0.25, 0.3) is 0 Å². The van der Waals surface area contributed by atoms with Crippen molar-refractivity contribution >= 4 is 11.5 Å². The summed E-state index contributed by atoms with van der Waals surface area (Å²) >= 11 is 0. The molecule has 2 rings (SSSR count). The molecule has 0 aliphatic heterocycles. The molecule has 0 heterocycles. The molecule has 2 aromatic carbocycles. The topological polar surface area (TPSA) is 52.3 Å². The molecular formula is C15H14FNO2. The molecule has 0 amide bonds. The third kappa shape index (κ3) is 2.42. The fourth-order valence-electron chi connectivity index (χ4n) is 1.81. The van der Waals surface area contributed by atoms with E-state index in [0.717, 1.165) is 0 Å². The van der Waals surface area contributed by atoms with Crippen LogP contribution in [0.3, 0.4) is 0 Å². The Labute approximate surface area is 110 Å². The van der Waals surface area contributed by atoms with E-state index in [1.165, 1.54) is 13.2 Å². The Morgan fingerprint density at radius 1 is 1.26 bits per heavy atom. The number of nitrogen functional groups attached to an aromatic ring is 1. The number of ketones is 1. The monoisotopic (exact) mass is 259 g/mol. The smallest absolute Gasteiger partial charge is 0.195 e. The number of hydrogen-bond donors (Lipinski definition) is 1. The second kappa shape index (κ2) is 5.10. The maximum absolute atomic E-state index is 13.5. The van der Waals surface area contributed by atoms with Gasteiger partial charge in [-0.05, 0) is 30.7 Å². The van der Waals surface area contributed by atoms with Gasteiger partial charge < -0.3 is 10.5 Å². The molecule has 0 saturated carbocycles. The van der Waals surface area contributed by atoms with Crippen LogP contribution >= 0.6 is 0 Å². The van der Waals surface area contributed by atoms with Crippen LogP contribution in [0.1, 0.15) is 21.5 Å². The van der Waals surface area contributed by atoms with Gasteiger partial charge in [-0.3, -0.25) is 4.79 Å². The first-order valence-corrected chi connectivity index (χ1v) is 5.78. The molecular weight excluding hydrogens is 245 g/mol. The number of carbonyl (C=O) groups excluding carboxylic acids is 1. The van der Waals surface area contributed by atoms with Crippen molar-refractivity contribution in [2.75, 3.05) is 12.8 Å². The molecule has 98 valence electrons. The summed E-state index contributed by atoms with van der Waals surface area (Å²) in [5.74, 6) is -0.305. The van der Waals surface area contributed by atoms with Gasteiger partial charge in [-0.25, -0.2) is 4.39 Å². The van der Waals surface area contributed by atoms with Crippen LogP contribution in [0.5, 0.6) is 5.75 Å². The second-order valence-electron chi connectivity index (χ2n) is 4.21. The lowest BCUT2D eigenvalue weighted by Gasteiger charge is -2.09.